The Morgan fingerprint density at radius 2 is 1.80 bits per heavy atom. The first-order chi connectivity index (χ1) is 9.40. The Balaban J connectivity index is 2.32. The van der Waals surface area contributed by atoms with Crippen molar-refractivity contribution in [3.8, 4) is 0 Å². The predicted molar refractivity (Wildman–Crippen MR) is 69.9 cm³/mol. The maximum absolute atomic E-state index is 13.5. The van der Waals surface area contributed by atoms with Crippen LogP contribution in [0.3, 0.4) is 0 Å². The van der Waals surface area contributed by atoms with Crippen LogP contribution in [0.4, 0.5) is 24.5 Å². The molecule has 0 aliphatic heterocycles. The summed E-state index contributed by atoms with van der Waals surface area (Å²) in [5.74, 6) is -3.74. The third-order valence-corrected chi connectivity index (χ3v) is 2.80. The summed E-state index contributed by atoms with van der Waals surface area (Å²) >= 11 is 0. The van der Waals surface area contributed by atoms with E-state index in [1.165, 1.54) is 12.1 Å². The van der Waals surface area contributed by atoms with Gasteiger partial charge in [0.15, 0.2) is 11.6 Å². The van der Waals surface area contributed by atoms with Crippen LogP contribution in [0.5, 0.6) is 0 Å². The largest absolute Gasteiger partial charge is 0.397 e. The van der Waals surface area contributed by atoms with E-state index in [-0.39, 0.29) is 11.3 Å². The van der Waals surface area contributed by atoms with Crippen LogP contribution in [-0.2, 0) is 0 Å². The average molecular weight is 280 g/mol. The molecule has 0 saturated carbocycles. The molecule has 20 heavy (non-hydrogen) atoms. The van der Waals surface area contributed by atoms with Crippen LogP contribution in [0, 0.1) is 24.4 Å². The Bertz CT molecular complexity index is 686. The lowest BCUT2D eigenvalue weighted by atomic mass is 10.1. The Morgan fingerprint density at radius 3 is 2.45 bits per heavy atom. The summed E-state index contributed by atoms with van der Waals surface area (Å²) in [7, 11) is 0. The molecule has 0 atom stereocenters. The Hall–Kier alpha value is -2.50. The standard InChI is InChI=1S/C14H11F3N2O/c1-7-2-3-8(6-10(7)16)14(20)19-13-11(18)5-4-9(15)12(13)17/h2-6H,18H2,1H3,(H,19,20). The van der Waals surface area contributed by atoms with Gasteiger partial charge in [-0.2, -0.15) is 0 Å². The number of halogens is 3. The number of rotatable bonds is 2. The molecule has 2 aromatic carbocycles. The normalized spacial score (nSPS) is 10.4. The number of nitrogens with one attached hydrogen (secondary N) is 1. The molecular weight excluding hydrogens is 269 g/mol. The van der Waals surface area contributed by atoms with Crippen LogP contribution in [-0.4, -0.2) is 5.91 Å². The number of amides is 1. The Labute approximate surface area is 113 Å². The van der Waals surface area contributed by atoms with E-state index in [4.69, 9.17) is 5.73 Å². The van der Waals surface area contributed by atoms with Gasteiger partial charge >= 0.3 is 0 Å². The van der Waals surface area contributed by atoms with Crippen LogP contribution in [0.1, 0.15) is 15.9 Å². The van der Waals surface area contributed by atoms with Gasteiger partial charge in [-0.15, -0.1) is 0 Å². The molecule has 2 rings (SSSR count). The van der Waals surface area contributed by atoms with Gasteiger partial charge in [0.05, 0.1) is 5.69 Å². The van der Waals surface area contributed by atoms with Gasteiger partial charge < -0.3 is 11.1 Å². The number of aryl methyl sites for hydroxylation is 1. The second kappa shape index (κ2) is 5.24. The third kappa shape index (κ3) is 2.59. The number of hydrogen-bond acceptors (Lipinski definition) is 2. The molecule has 0 saturated heterocycles. The second-order valence-corrected chi connectivity index (χ2v) is 4.24. The van der Waals surface area contributed by atoms with E-state index in [1.54, 1.807) is 6.92 Å². The van der Waals surface area contributed by atoms with Crippen LogP contribution < -0.4 is 11.1 Å². The molecule has 0 radical (unpaired) electrons. The van der Waals surface area contributed by atoms with Crippen molar-refractivity contribution in [2.24, 2.45) is 0 Å². The molecule has 0 bridgehead atoms. The van der Waals surface area contributed by atoms with E-state index in [9.17, 15) is 18.0 Å². The van der Waals surface area contributed by atoms with Crippen molar-refractivity contribution in [2.75, 3.05) is 11.1 Å². The monoisotopic (exact) mass is 280 g/mol. The van der Waals surface area contributed by atoms with Crippen molar-refractivity contribution < 1.29 is 18.0 Å². The van der Waals surface area contributed by atoms with Gasteiger partial charge in [0.25, 0.3) is 5.91 Å². The molecule has 3 nitrogen and oxygen atoms in total. The van der Waals surface area contributed by atoms with Gasteiger partial charge in [-0.25, -0.2) is 13.2 Å². The van der Waals surface area contributed by atoms with Crippen molar-refractivity contribution in [3.05, 3.63) is 58.9 Å². The van der Waals surface area contributed by atoms with E-state index in [0.29, 0.717) is 5.56 Å². The van der Waals surface area contributed by atoms with E-state index in [1.807, 2.05) is 0 Å². The highest BCUT2D eigenvalue weighted by molar-refractivity contribution is 6.05. The van der Waals surface area contributed by atoms with E-state index in [0.717, 1.165) is 18.2 Å². The first-order valence-corrected chi connectivity index (χ1v) is 5.71. The number of carbonyl (C=O) groups is 1. The number of carbonyl (C=O) groups excluding carboxylic acids is 1. The summed E-state index contributed by atoms with van der Waals surface area (Å²) in [6, 6.07) is 5.78. The number of hydrogen-bond donors (Lipinski definition) is 2. The predicted octanol–water partition coefficient (Wildman–Crippen LogP) is 3.25. The van der Waals surface area contributed by atoms with Crippen LogP contribution in [0.25, 0.3) is 0 Å². The fourth-order valence-electron chi connectivity index (χ4n) is 1.61. The van der Waals surface area contributed by atoms with Gasteiger partial charge in [0.2, 0.25) is 0 Å². The van der Waals surface area contributed by atoms with E-state index >= 15 is 0 Å². The molecule has 0 aliphatic carbocycles. The zero-order valence-electron chi connectivity index (χ0n) is 10.5. The lowest BCUT2D eigenvalue weighted by Crippen LogP contribution is -2.15. The van der Waals surface area contributed by atoms with Crippen LogP contribution >= 0.6 is 0 Å². The summed E-state index contributed by atoms with van der Waals surface area (Å²) in [4.78, 5) is 11.9. The number of nitrogen functional groups attached to an aromatic ring is 1. The summed E-state index contributed by atoms with van der Waals surface area (Å²) < 4.78 is 40.0. The minimum atomic E-state index is -1.26. The van der Waals surface area contributed by atoms with Crippen LogP contribution in [0.15, 0.2) is 30.3 Å². The lowest BCUT2D eigenvalue weighted by molar-refractivity contribution is 0.102. The molecule has 2 aromatic rings. The van der Waals surface area contributed by atoms with Crippen molar-refractivity contribution in [2.45, 2.75) is 6.92 Å². The Kier molecular flexibility index (Phi) is 3.65. The molecule has 0 aliphatic rings. The quantitative estimate of drug-likeness (QED) is 0.830. The lowest BCUT2D eigenvalue weighted by Gasteiger charge is -2.10. The minimum Gasteiger partial charge on any atom is -0.397 e. The van der Waals surface area contributed by atoms with Crippen molar-refractivity contribution in [1.82, 2.24) is 0 Å². The summed E-state index contributed by atoms with van der Waals surface area (Å²) in [6.45, 7) is 1.54. The molecule has 0 spiro atoms. The van der Waals surface area contributed by atoms with Crippen LogP contribution in [0.2, 0.25) is 0 Å². The first-order valence-electron chi connectivity index (χ1n) is 5.71. The van der Waals surface area contributed by atoms with Crippen molar-refractivity contribution in [3.63, 3.8) is 0 Å². The van der Waals surface area contributed by atoms with Gasteiger partial charge in [0.1, 0.15) is 11.5 Å². The maximum atomic E-state index is 13.5. The summed E-state index contributed by atoms with van der Waals surface area (Å²) in [5, 5.41) is 2.14. The molecule has 104 valence electrons. The fraction of sp³-hybridized carbons (Fsp3) is 0.0714. The third-order valence-electron chi connectivity index (χ3n) is 2.80. The molecule has 6 heteroatoms. The van der Waals surface area contributed by atoms with E-state index < -0.39 is 29.0 Å². The molecule has 0 aromatic heterocycles. The molecule has 0 unspecified atom stereocenters. The smallest absolute Gasteiger partial charge is 0.255 e. The second-order valence-electron chi connectivity index (χ2n) is 4.24. The highest BCUT2D eigenvalue weighted by atomic mass is 19.2. The molecule has 1 amide bonds. The van der Waals surface area contributed by atoms with Gasteiger partial charge in [-0.1, -0.05) is 6.07 Å². The van der Waals surface area contributed by atoms with Gasteiger partial charge in [-0.3, -0.25) is 4.79 Å². The fourth-order valence-corrected chi connectivity index (χ4v) is 1.61. The molecular formula is C14H11F3N2O. The van der Waals surface area contributed by atoms with Gasteiger partial charge in [0, 0.05) is 5.56 Å². The van der Waals surface area contributed by atoms with Gasteiger partial charge in [-0.05, 0) is 36.8 Å². The zero-order chi connectivity index (χ0) is 14.9. The van der Waals surface area contributed by atoms with Crippen molar-refractivity contribution >= 4 is 17.3 Å². The van der Waals surface area contributed by atoms with E-state index in [2.05, 4.69) is 5.32 Å². The molecule has 3 N–H and O–H groups in total. The summed E-state index contributed by atoms with van der Waals surface area (Å²) in [5.41, 5.74) is 5.25. The van der Waals surface area contributed by atoms with Crippen molar-refractivity contribution in [1.29, 1.82) is 0 Å². The zero-order valence-corrected chi connectivity index (χ0v) is 10.5. The average Bonchev–Trinajstić information content (AvgIpc) is 2.42. The first kappa shape index (κ1) is 13.9. The topological polar surface area (TPSA) is 55.1 Å². The highest BCUT2D eigenvalue weighted by Crippen LogP contribution is 2.25. The summed E-state index contributed by atoms with van der Waals surface area (Å²) in [6.07, 6.45) is 0. The highest BCUT2D eigenvalue weighted by Gasteiger charge is 2.16. The maximum Gasteiger partial charge on any atom is 0.255 e. The molecule has 0 heterocycles. The number of anilines is 2. The SMILES string of the molecule is Cc1ccc(C(=O)Nc2c(N)ccc(F)c2F)cc1F. The Morgan fingerprint density at radius 1 is 1.10 bits per heavy atom. The number of nitrogens with two attached hydrogens (primary N) is 1. The number of benzene rings is 2. The minimum absolute atomic E-state index is 0.0174. The molecule has 0 fully saturated rings.